The van der Waals surface area contributed by atoms with Gasteiger partial charge in [-0.25, -0.2) is 0 Å². The molecule has 0 bridgehead atoms. The maximum atomic E-state index is 10.7. The van der Waals surface area contributed by atoms with Gasteiger partial charge in [0.05, 0.1) is 7.11 Å². The molecule has 0 unspecified atom stereocenters. The normalized spacial score (nSPS) is 9.62. The summed E-state index contributed by atoms with van der Waals surface area (Å²) in [5.74, 6) is -0.132. The molecule has 0 radical (unpaired) electrons. The SMILES string of the molecule is COC(=O)CCCCCCCC=O. The molecule has 0 amide bonds. The summed E-state index contributed by atoms with van der Waals surface area (Å²) in [4.78, 5) is 20.6. The number of aldehydes is 1. The van der Waals surface area contributed by atoms with Crippen LogP contribution in [-0.4, -0.2) is 19.4 Å². The Bertz CT molecular complexity index is 143. The molecule has 0 aromatic rings. The molecule has 0 aliphatic carbocycles. The molecular formula is C10H18O3. The van der Waals surface area contributed by atoms with E-state index in [-0.39, 0.29) is 5.97 Å². The van der Waals surface area contributed by atoms with Crippen molar-refractivity contribution in [3.8, 4) is 0 Å². The Morgan fingerprint density at radius 1 is 1.15 bits per heavy atom. The van der Waals surface area contributed by atoms with E-state index in [1.807, 2.05) is 0 Å². The average molecular weight is 186 g/mol. The molecule has 0 aliphatic heterocycles. The lowest BCUT2D eigenvalue weighted by molar-refractivity contribution is -0.140. The van der Waals surface area contributed by atoms with Crippen LogP contribution in [0.3, 0.4) is 0 Å². The lowest BCUT2D eigenvalue weighted by atomic mass is 10.1. The largest absolute Gasteiger partial charge is 0.469 e. The van der Waals surface area contributed by atoms with Gasteiger partial charge in [-0.1, -0.05) is 19.3 Å². The highest BCUT2D eigenvalue weighted by Gasteiger charge is 1.98. The van der Waals surface area contributed by atoms with E-state index in [0.717, 1.165) is 38.4 Å². The van der Waals surface area contributed by atoms with Crippen molar-refractivity contribution < 1.29 is 14.3 Å². The highest BCUT2D eigenvalue weighted by atomic mass is 16.5. The second-order valence-corrected chi connectivity index (χ2v) is 3.05. The molecule has 0 aromatic carbocycles. The van der Waals surface area contributed by atoms with Gasteiger partial charge in [-0.3, -0.25) is 4.79 Å². The summed E-state index contributed by atoms with van der Waals surface area (Å²) in [6, 6.07) is 0. The molecule has 0 heterocycles. The number of esters is 1. The Hall–Kier alpha value is -0.860. The van der Waals surface area contributed by atoms with Crippen LogP contribution in [0.5, 0.6) is 0 Å². The molecule has 0 N–H and O–H groups in total. The van der Waals surface area contributed by atoms with Gasteiger partial charge in [0.15, 0.2) is 0 Å². The summed E-state index contributed by atoms with van der Waals surface area (Å²) in [5, 5.41) is 0. The van der Waals surface area contributed by atoms with Gasteiger partial charge in [0.2, 0.25) is 0 Å². The molecule has 3 nitrogen and oxygen atoms in total. The maximum absolute atomic E-state index is 10.7. The summed E-state index contributed by atoms with van der Waals surface area (Å²) >= 11 is 0. The third-order valence-corrected chi connectivity index (χ3v) is 1.93. The zero-order valence-corrected chi connectivity index (χ0v) is 8.25. The zero-order chi connectivity index (χ0) is 9.94. The van der Waals surface area contributed by atoms with Gasteiger partial charge in [-0.2, -0.15) is 0 Å². The number of carbonyl (C=O) groups is 2. The van der Waals surface area contributed by atoms with Crippen molar-refractivity contribution in [1.82, 2.24) is 0 Å². The van der Waals surface area contributed by atoms with Crippen molar-refractivity contribution >= 4 is 12.3 Å². The van der Waals surface area contributed by atoms with Crippen LogP contribution in [0.2, 0.25) is 0 Å². The quantitative estimate of drug-likeness (QED) is 0.331. The smallest absolute Gasteiger partial charge is 0.305 e. The molecule has 0 atom stereocenters. The number of hydrogen-bond acceptors (Lipinski definition) is 3. The fourth-order valence-corrected chi connectivity index (χ4v) is 1.13. The molecule has 0 aromatic heterocycles. The van der Waals surface area contributed by atoms with Crippen LogP contribution in [0.15, 0.2) is 0 Å². The Balaban J connectivity index is 2.99. The van der Waals surface area contributed by atoms with E-state index >= 15 is 0 Å². The molecule has 0 spiro atoms. The fourth-order valence-electron chi connectivity index (χ4n) is 1.13. The van der Waals surface area contributed by atoms with E-state index in [1.54, 1.807) is 0 Å². The molecule has 13 heavy (non-hydrogen) atoms. The predicted molar refractivity (Wildman–Crippen MR) is 50.4 cm³/mol. The third kappa shape index (κ3) is 9.05. The van der Waals surface area contributed by atoms with Crippen molar-refractivity contribution in [1.29, 1.82) is 0 Å². The van der Waals surface area contributed by atoms with Gasteiger partial charge < -0.3 is 9.53 Å². The molecule has 76 valence electrons. The summed E-state index contributed by atoms with van der Waals surface area (Å²) < 4.78 is 4.51. The average Bonchev–Trinajstić information content (AvgIpc) is 2.16. The van der Waals surface area contributed by atoms with Crippen LogP contribution < -0.4 is 0 Å². The van der Waals surface area contributed by atoms with Crippen LogP contribution in [0.1, 0.15) is 44.9 Å². The van der Waals surface area contributed by atoms with E-state index in [2.05, 4.69) is 4.74 Å². The monoisotopic (exact) mass is 186 g/mol. The first-order valence-corrected chi connectivity index (χ1v) is 4.81. The maximum Gasteiger partial charge on any atom is 0.305 e. The van der Waals surface area contributed by atoms with Crippen molar-refractivity contribution in [3.63, 3.8) is 0 Å². The number of unbranched alkanes of at least 4 members (excludes halogenated alkanes) is 5. The summed E-state index contributed by atoms with van der Waals surface area (Å²) in [6.45, 7) is 0. The van der Waals surface area contributed by atoms with Gasteiger partial charge in [-0.05, 0) is 12.8 Å². The number of rotatable bonds is 8. The Morgan fingerprint density at radius 2 is 1.77 bits per heavy atom. The second kappa shape index (κ2) is 9.23. The Labute approximate surface area is 79.5 Å². The topological polar surface area (TPSA) is 43.4 Å². The third-order valence-electron chi connectivity index (χ3n) is 1.93. The number of hydrogen-bond donors (Lipinski definition) is 0. The van der Waals surface area contributed by atoms with E-state index < -0.39 is 0 Å². The summed E-state index contributed by atoms with van der Waals surface area (Å²) in [5.41, 5.74) is 0. The fraction of sp³-hybridized carbons (Fsp3) is 0.800. The minimum atomic E-state index is -0.132. The van der Waals surface area contributed by atoms with Crippen LogP contribution >= 0.6 is 0 Å². The van der Waals surface area contributed by atoms with Gasteiger partial charge in [-0.15, -0.1) is 0 Å². The van der Waals surface area contributed by atoms with Crippen molar-refractivity contribution in [2.75, 3.05) is 7.11 Å². The van der Waals surface area contributed by atoms with Crippen LogP contribution in [0, 0.1) is 0 Å². The highest BCUT2D eigenvalue weighted by Crippen LogP contribution is 2.06. The Morgan fingerprint density at radius 3 is 2.38 bits per heavy atom. The minimum Gasteiger partial charge on any atom is -0.469 e. The zero-order valence-electron chi connectivity index (χ0n) is 8.25. The van der Waals surface area contributed by atoms with Crippen molar-refractivity contribution in [3.05, 3.63) is 0 Å². The first-order valence-electron chi connectivity index (χ1n) is 4.81. The molecule has 0 rings (SSSR count). The summed E-state index contributed by atoms with van der Waals surface area (Å²) in [6.07, 6.45) is 7.24. The van der Waals surface area contributed by atoms with Crippen LogP contribution in [-0.2, 0) is 14.3 Å². The van der Waals surface area contributed by atoms with Gasteiger partial charge in [0.25, 0.3) is 0 Å². The van der Waals surface area contributed by atoms with E-state index in [4.69, 9.17) is 0 Å². The van der Waals surface area contributed by atoms with Crippen LogP contribution in [0.4, 0.5) is 0 Å². The first kappa shape index (κ1) is 12.1. The highest BCUT2D eigenvalue weighted by molar-refractivity contribution is 5.68. The second-order valence-electron chi connectivity index (χ2n) is 3.05. The van der Waals surface area contributed by atoms with Crippen molar-refractivity contribution in [2.24, 2.45) is 0 Å². The molecule has 0 saturated heterocycles. The first-order chi connectivity index (χ1) is 6.31. The van der Waals surface area contributed by atoms with Gasteiger partial charge in [0, 0.05) is 12.8 Å². The number of carbonyl (C=O) groups excluding carboxylic acids is 2. The minimum absolute atomic E-state index is 0.132. The van der Waals surface area contributed by atoms with Crippen LogP contribution in [0.25, 0.3) is 0 Å². The predicted octanol–water partition coefficient (Wildman–Crippen LogP) is 2.09. The molecule has 0 aliphatic rings. The van der Waals surface area contributed by atoms with E-state index in [0.29, 0.717) is 12.8 Å². The van der Waals surface area contributed by atoms with E-state index in [9.17, 15) is 9.59 Å². The molecule has 0 saturated carbocycles. The van der Waals surface area contributed by atoms with Gasteiger partial charge >= 0.3 is 5.97 Å². The standard InChI is InChI=1S/C10H18O3/c1-13-10(12)8-6-4-2-3-5-7-9-11/h9H,2-8H2,1H3. The molecule has 0 fully saturated rings. The van der Waals surface area contributed by atoms with E-state index in [1.165, 1.54) is 7.11 Å². The van der Waals surface area contributed by atoms with Gasteiger partial charge in [0.1, 0.15) is 6.29 Å². The Kier molecular flexibility index (Phi) is 8.62. The molecule has 3 heteroatoms. The lowest BCUT2D eigenvalue weighted by Crippen LogP contribution is -1.99. The van der Waals surface area contributed by atoms with Crippen molar-refractivity contribution in [2.45, 2.75) is 44.9 Å². The lowest BCUT2D eigenvalue weighted by Gasteiger charge is -1.99. The summed E-state index contributed by atoms with van der Waals surface area (Å²) in [7, 11) is 1.41. The number of ether oxygens (including phenoxy) is 1. The molecular weight excluding hydrogens is 168 g/mol. The number of methoxy groups -OCH3 is 1.